The summed E-state index contributed by atoms with van der Waals surface area (Å²) in [6, 6.07) is 13.2. The zero-order valence-corrected chi connectivity index (χ0v) is 14.7. The zero-order chi connectivity index (χ0) is 18.2. The summed E-state index contributed by atoms with van der Waals surface area (Å²) in [5, 5.41) is 3.35. The van der Waals surface area contributed by atoms with Gasteiger partial charge < -0.3 is 10.2 Å². The van der Waals surface area contributed by atoms with Crippen LogP contribution < -0.4 is 5.32 Å². The van der Waals surface area contributed by atoms with Crippen molar-refractivity contribution < 1.29 is 14.0 Å². The summed E-state index contributed by atoms with van der Waals surface area (Å²) in [7, 11) is 0. The Hall–Kier alpha value is -2.40. The topological polar surface area (TPSA) is 49.4 Å². The van der Waals surface area contributed by atoms with Gasteiger partial charge in [-0.1, -0.05) is 41.9 Å². The van der Waals surface area contributed by atoms with E-state index in [9.17, 15) is 14.0 Å². The maximum absolute atomic E-state index is 12.8. The predicted molar refractivity (Wildman–Crippen MR) is 95.4 cm³/mol. The van der Waals surface area contributed by atoms with Crippen LogP contribution in [0.2, 0.25) is 5.02 Å². The van der Waals surface area contributed by atoms with Crippen LogP contribution >= 0.6 is 11.6 Å². The summed E-state index contributed by atoms with van der Waals surface area (Å²) in [4.78, 5) is 25.4. The molecule has 0 unspecified atom stereocenters. The number of rotatable bonds is 7. The fourth-order valence-corrected chi connectivity index (χ4v) is 2.50. The number of benzene rings is 2. The number of carbonyl (C=O) groups excluding carboxylic acids is 2. The molecule has 2 aromatic carbocycles. The van der Waals surface area contributed by atoms with Crippen molar-refractivity contribution in [3.63, 3.8) is 0 Å². The molecule has 1 N–H and O–H groups in total. The first-order valence-electron chi connectivity index (χ1n) is 7.96. The molecule has 25 heavy (non-hydrogen) atoms. The van der Waals surface area contributed by atoms with Gasteiger partial charge in [-0.25, -0.2) is 4.39 Å². The summed E-state index contributed by atoms with van der Waals surface area (Å²) in [5.41, 5.74) is 1.65. The Kier molecular flexibility index (Phi) is 6.95. The van der Waals surface area contributed by atoms with Crippen molar-refractivity contribution in [1.29, 1.82) is 0 Å². The van der Waals surface area contributed by atoms with E-state index in [0.29, 0.717) is 24.7 Å². The zero-order valence-electron chi connectivity index (χ0n) is 14.0. The standard InChI is InChI=1S/C19H20ClFN2O2/c1-14(24)23(13-16-4-2-3-5-18(16)20)11-10-19(25)22-12-15-6-8-17(21)9-7-15/h2-9H,10-13H2,1H3,(H,22,25). The van der Waals surface area contributed by atoms with Crippen LogP contribution in [0.3, 0.4) is 0 Å². The van der Waals surface area contributed by atoms with E-state index in [1.807, 2.05) is 18.2 Å². The highest BCUT2D eigenvalue weighted by Gasteiger charge is 2.13. The summed E-state index contributed by atoms with van der Waals surface area (Å²) in [6.07, 6.45) is 0.186. The molecular weight excluding hydrogens is 343 g/mol. The second-order valence-corrected chi connectivity index (χ2v) is 6.09. The highest BCUT2D eigenvalue weighted by atomic mass is 35.5. The largest absolute Gasteiger partial charge is 0.352 e. The van der Waals surface area contributed by atoms with Crippen LogP contribution in [-0.4, -0.2) is 23.3 Å². The molecule has 2 rings (SSSR count). The highest BCUT2D eigenvalue weighted by Crippen LogP contribution is 2.17. The Balaban J connectivity index is 1.83. The third kappa shape index (κ3) is 6.19. The lowest BCUT2D eigenvalue weighted by Gasteiger charge is -2.21. The first kappa shape index (κ1) is 18.9. The summed E-state index contributed by atoms with van der Waals surface area (Å²) < 4.78 is 12.8. The monoisotopic (exact) mass is 362 g/mol. The number of hydrogen-bond donors (Lipinski definition) is 1. The van der Waals surface area contributed by atoms with E-state index in [0.717, 1.165) is 11.1 Å². The van der Waals surface area contributed by atoms with E-state index < -0.39 is 0 Å². The molecule has 0 heterocycles. The van der Waals surface area contributed by atoms with Gasteiger partial charge in [0.25, 0.3) is 0 Å². The van der Waals surface area contributed by atoms with Gasteiger partial charge in [-0.05, 0) is 29.3 Å². The van der Waals surface area contributed by atoms with E-state index in [4.69, 9.17) is 11.6 Å². The van der Waals surface area contributed by atoms with Crippen molar-refractivity contribution >= 4 is 23.4 Å². The third-order valence-corrected chi connectivity index (χ3v) is 4.14. The van der Waals surface area contributed by atoms with E-state index >= 15 is 0 Å². The smallest absolute Gasteiger partial charge is 0.222 e. The molecule has 0 aromatic heterocycles. The number of nitrogens with one attached hydrogen (secondary N) is 1. The van der Waals surface area contributed by atoms with Crippen LogP contribution in [0.25, 0.3) is 0 Å². The number of halogens is 2. The van der Waals surface area contributed by atoms with Crippen LogP contribution in [0, 0.1) is 5.82 Å². The second-order valence-electron chi connectivity index (χ2n) is 5.69. The maximum Gasteiger partial charge on any atom is 0.222 e. The predicted octanol–water partition coefficient (Wildman–Crippen LogP) is 3.53. The Morgan fingerprint density at radius 2 is 1.80 bits per heavy atom. The first-order valence-corrected chi connectivity index (χ1v) is 8.33. The lowest BCUT2D eigenvalue weighted by molar-refractivity contribution is -0.130. The molecule has 2 amide bonds. The fraction of sp³-hybridized carbons (Fsp3) is 0.263. The third-order valence-electron chi connectivity index (χ3n) is 3.78. The summed E-state index contributed by atoms with van der Waals surface area (Å²) >= 11 is 6.12. The maximum atomic E-state index is 12.8. The van der Waals surface area contributed by atoms with Crippen LogP contribution in [0.15, 0.2) is 48.5 Å². The fourth-order valence-electron chi connectivity index (χ4n) is 2.31. The minimum Gasteiger partial charge on any atom is -0.352 e. The first-order chi connectivity index (χ1) is 12.0. The number of hydrogen-bond acceptors (Lipinski definition) is 2. The van der Waals surface area contributed by atoms with E-state index in [1.54, 1.807) is 23.1 Å². The molecule has 6 heteroatoms. The molecule has 2 aromatic rings. The summed E-state index contributed by atoms with van der Waals surface area (Å²) in [5.74, 6) is -0.604. The molecule has 0 saturated heterocycles. The molecule has 0 radical (unpaired) electrons. The Morgan fingerprint density at radius 3 is 2.44 bits per heavy atom. The number of nitrogens with zero attached hydrogens (tertiary/aromatic N) is 1. The van der Waals surface area contributed by atoms with E-state index in [2.05, 4.69) is 5.32 Å². The van der Waals surface area contributed by atoms with Crippen LogP contribution in [0.4, 0.5) is 4.39 Å². The molecule has 0 spiro atoms. The number of carbonyl (C=O) groups is 2. The molecule has 0 aliphatic carbocycles. The minimum atomic E-state index is -0.313. The number of amides is 2. The average molecular weight is 363 g/mol. The second kappa shape index (κ2) is 9.18. The molecule has 0 aliphatic rings. The van der Waals surface area contributed by atoms with Crippen molar-refractivity contribution in [3.8, 4) is 0 Å². The SMILES string of the molecule is CC(=O)N(CCC(=O)NCc1ccc(F)cc1)Cc1ccccc1Cl. The van der Waals surface area contributed by atoms with E-state index in [-0.39, 0.29) is 24.1 Å². The highest BCUT2D eigenvalue weighted by molar-refractivity contribution is 6.31. The Bertz CT molecular complexity index is 734. The van der Waals surface area contributed by atoms with Gasteiger partial charge in [-0.2, -0.15) is 0 Å². The lowest BCUT2D eigenvalue weighted by Crippen LogP contribution is -2.33. The van der Waals surface area contributed by atoms with Gasteiger partial charge in [0.2, 0.25) is 11.8 Å². The molecule has 0 atom stereocenters. The average Bonchev–Trinajstić information content (AvgIpc) is 2.59. The summed E-state index contributed by atoms with van der Waals surface area (Å²) in [6.45, 7) is 2.45. The Morgan fingerprint density at radius 1 is 1.12 bits per heavy atom. The van der Waals surface area contributed by atoms with Gasteiger partial charge in [0, 0.05) is 38.0 Å². The normalized spacial score (nSPS) is 10.4. The Labute approximate surface area is 151 Å². The van der Waals surface area contributed by atoms with Crippen molar-refractivity contribution in [2.75, 3.05) is 6.54 Å². The molecule has 0 bridgehead atoms. The van der Waals surface area contributed by atoms with Crippen molar-refractivity contribution in [1.82, 2.24) is 10.2 Å². The van der Waals surface area contributed by atoms with Crippen LogP contribution in [0.1, 0.15) is 24.5 Å². The van der Waals surface area contributed by atoms with Crippen LogP contribution in [0.5, 0.6) is 0 Å². The van der Waals surface area contributed by atoms with E-state index in [1.165, 1.54) is 19.1 Å². The molecule has 0 fully saturated rings. The van der Waals surface area contributed by atoms with Gasteiger partial charge in [0.15, 0.2) is 0 Å². The molecule has 132 valence electrons. The van der Waals surface area contributed by atoms with Gasteiger partial charge in [0.05, 0.1) is 0 Å². The minimum absolute atomic E-state index is 0.119. The molecular formula is C19H20ClFN2O2. The van der Waals surface area contributed by atoms with Gasteiger partial charge in [-0.15, -0.1) is 0 Å². The molecule has 0 aliphatic heterocycles. The quantitative estimate of drug-likeness (QED) is 0.819. The van der Waals surface area contributed by atoms with Crippen LogP contribution in [-0.2, 0) is 22.7 Å². The molecule has 0 saturated carbocycles. The van der Waals surface area contributed by atoms with Crippen molar-refractivity contribution in [2.45, 2.75) is 26.4 Å². The lowest BCUT2D eigenvalue weighted by atomic mass is 10.2. The van der Waals surface area contributed by atoms with Crippen molar-refractivity contribution in [2.24, 2.45) is 0 Å². The van der Waals surface area contributed by atoms with Gasteiger partial charge >= 0.3 is 0 Å². The van der Waals surface area contributed by atoms with Gasteiger partial charge in [-0.3, -0.25) is 9.59 Å². The van der Waals surface area contributed by atoms with Gasteiger partial charge in [0.1, 0.15) is 5.82 Å². The van der Waals surface area contributed by atoms with Crippen molar-refractivity contribution in [3.05, 3.63) is 70.5 Å². The molecule has 4 nitrogen and oxygen atoms in total.